The first-order chi connectivity index (χ1) is 11.8. The molecule has 0 unspecified atom stereocenters. The summed E-state index contributed by atoms with van der Waals surface area (Å²) in [5, 5.41) is 33.1. The zero-order chi connectivity index (χ0) is 21.7. The molecule has 0 aromatic carbocycles. The minimum Gasteiger partial charge on any atom is -0.512 e. The molecule has 0 fully saturated rings. The fourth-order valence-corrected chi connectivity index (χ4v) is 0.709. The molecule has 0 aromatic rings. The van der Waals surface area contributed by atoms with Gasteiger partial charge in [-0.2, -0.15) is 0 Å². The number of aliphatic hydroxyl groups excluding tert-OH is 4. The Morgan fingerprint density at radius 1 is 0.778 bits per heavy atom. The molecule has 0 rings (SSSR count). The average molecular weight is 428 g/mol. The van der Waals surface area contributed by atoms with Gasteiger partial charge in [-0.25, -0.2) is 9.59 Å². The van der Waals surface area contributed by atoms with Crippen molar-refractivity contribution in [1.82, 2.24) is 0 Å². The number of aliphatic hydroxyl groups is 4. The first kappa shape index (κ1) is 36.6. The summed E-state index contributed by atoms with van der Waals surface area (Å²) in [6.07, 6.45) is 1.73. The summed E-state index contributed by atoms with van der Waals surface area (Å²) in [5.74, 6) is -1.07. The summed E-state index contributed by atoms with van der Waals surface area (Å²) >= 11 is 0. The Morgan fingerprint density at radius 2 is 0.963 bits per heavy atom. The maximum absolute atomic E-state index is 10.4. The van der Waals surface area contributed by atoms with Crippen LogP contribution in [-0.2, 0) is 40.8 Å². The fraction of sp³-hybridized carbons (Fsp3) is 0.667. The Labute approximate surface area is 177 Å². The van der Waals surface area contributed by atoms with Gasteiger partial charge in [-0.1, -0.05) is 0 Å². The Kier molecular flexibility index (Phi) is 36.4. The van der Waals surface area contributed by atoms with Gasteiger partial charge >= 0.3 is 11.9 Å². The molecule has 8 nitrogen and oxygen atoms in total. The van der Waals surface area contributed by atoms with Crippen LogP contribution in [-0.4, -0.2) is 57.8 Å². The number of rotatable bonds is 4. The van der Waals surface area contributed by atoms with Gasteiger partial charge < -0.3 is 29.9 Å². The number of allylic oxidation sites excluding steroid dienone is 2. The third-order valence-corrected chi connectivity index (χ3v) is 1.23. The van der Waals surface area contributed by atoms with E-state index in [0.29, 0.717) is 13.2 Å². The van der Waals surface area contributed by atoms with E-state index < -0.39 is 11.9 Å². The van der Waals surface area contributed by atoms with Gasteiger partial charge in [-0.15, -0.1) is 0 Å². The van der Waals surface area contributed by atoms with E-state index in [4.69, 9.17) is 20.4 Å². The maximum atomic E-state index is 10.4. The van der Waals surface area contributed by atoms with E-state index in [1.54, 1.807) is 41.5 Å². The molecule has 0 aliphatic carbocycles. The number of hydrogen-bond acceptors (Lipinski definition) is 8. The van der Waals surface area contributed by atoms with Crippen molar-refractivity contribution in [2.45, 2.75) is 67.6 Å². The van der Waals surface area contributed by atoms with E-state index >= 15 is 0 Å². The van der Waals surface area contributed by atoms with E-state index in [0.717, 1.165) is 12.2 Å². The van der Waals surface area contributed by atoms with Crippen molar-refractivity contribution in [2.75, 3.05) is 13.2 Å². The third-order valence-electron chi connectivity index (χ3n) is 1.23. The second-order valence-corrected chi connectivity index (χ2v) is 5.26. The van der Waals surface area contributed by atoms with Crippen LogP contribution in [0.5, 0.6) is 0 Å². The van der Waals surface area contributed by atoms with Gasteiger partial charge in [0.15, 0.2) is 0 Å². The van der Waals surface area contributed by atoms with E-state index in [1.807, 2.05) is 0 Å². The van der Waals surface area contributed by atoms with Gasteiger partial charge in [0.2, 0.25) is 0 Å². The van der Waals surface area contributed by atoms with Crippen LogP contribution in [0.3, 0.4) is 0 Å². The predicted octanol–water partition coefficient (Wildman–Crippen LogP) is 2.79. The van der Waals surface area contributed by atoms with E-state index in [2.05, 4.69) is 9.47 Å². The van der Waals surface area contributed by atoms with Crippen molar-refractivity contribution in [2.24, 2.45) is 0 Å². The zero-order valence-corrected chi connectivity index (χ0v) is 19.2. The summed E-state index contributed by atoms with van der Waals surface area (Å²) in [4.78, 5) is 20.8. The van der Waals surface area contributed by atoms with E-state index in [9.17, 15) is 9.59 Å². The molecule has 0 amide bonds. The molecule has 0 saturated carbocycles. The molecule has 27 heavy (non-hydrogen) atoms. The van der Waals surface area contributed by atoms with Crippen LogP contribution >= 0.6 is 0 Å². The topological polar surface area (TPSA) is 134 Å². The van der Waals surface area contributed by atoms with E-state index in [-0.39, 0.29) is 45.4 Å². The molecule has 0 bridgehead atoms. The van der Waals surface area contributed by atoms with Gasteiger partial charge in [0, 0.05) is 33.9 Å². The van der Waals surface area contributed by atoms with Crippen molar-refractivity contribution >= 4 is 11.9 Å². The van der Waals surface area contributed by atoms with Crippen molar-refractivity contribution in [1.29, 1.82) is 0 Å². The smallest absolute Gasteiger partial charge is 0.334 e. The quantitative estimate of drug-likeness (QED) is 0.233. The van der Waals surface area contributed by atoms with Crippen molar-refractivity contribution in [3.63, 3.8) is 0 Å². The van der Waals surface area contributed by atoms with Gasteiger partial charge in [0.05, 0.1) is 36.9 Å². The minimum atomic E-state index is -0.502. The summed E-state index contributed by atoms with van der Waals surface area (Å²) in [7, 11) is 0. The molecule has 0 saturated heterocycles. The van der Waals surface area contributed by atoms with Gasteiger partial charge in [-0.3, -0.25) is 0 Å². The zero-order valence-electron chi connectivity index (χ0n) is 17.6. The molecule has 0 aliphatic rings. The van der Waals surface area contributed by atoms with Gasteiger partial charge in [0.25, 0.3) is 0 Å². The van der Waals surface area contributed by atoms with Crippen LogP contribution in [0.4, 0.5) is 0 Å². The van der Waals surface area contributed by atoms with E-state index in [1.165, 1.54) is 13.8 Å². The average Bonchev–Trinajstić information content (AvgIpc) is 2.36. The summed E-state index contributed by atoms with van der Waals surface area (Å²) < 4.78 is 8.95. The molecular formula is C18H36O8Ti. The van der Waals surface area contributed by atoms with Crippen molar-refractivity contribution in [3.8, 4) is 0 Å². The van der Waals surface area contributed by atoms with Crippen LogP contribution in [0.25, 0.3) is 0 Å². The Hall–Kier alpha value is -1.35. The Bertz CT molecular complexity index is 353. The molecule has 0 aliphatic heterocycles. The van der Waals surface area contributed by atoms with Crippen molar-refractivity contribution < 1.29 is 61.2 Å². The summed E-state index contributed by atoms with van der Waals surface area (Å²) in [6, 6.07) is 0. The first-order valence-electron chi connectivity index (χ1n) is 8.24. The molecule has 0 spiro atoms. The standard InChI is InChI=1S/2C6H10O3.2C3H8O.Ti/c2*1-3-9-6(8)4-5(2)7;2*1-3(2)4;/h2*4,7H,3H2,1-2H3;2*3-4H,1-2H3;/b2*5-4-;;;. The maximum Gasteiger partial charge on any atom is 0.334 e. The molecule has 0 heterocycles. The SMILES string of the molecule is CC(C)O.CC(C)O.CCOC(=O)/C=C(/C)O.CCOC(=O)/C=C(/C)O.[Ti]. The molecule has 4 N–H and O–H groups in total. The number of carbonyl (C=O) groups is 2. The van der Waals surface area contributed by atoms with Crippen LogP contribution < -0.4 is 0 Å². The second-order valence-electron chi connectivity index (χ2n) is 5.26. The number of ether oxygens (including phenoxy) is 2. The molecule has 0 aromatic heterocycles. The fourth-order valence-electron chi connectivity index (χ4n) is 0.709. The Morgan fingerprint density at radius 3 is 1.07 bits per heavy atom. The van der Waals surface area contributed by atoms with Gasteiger partial charge in [0.1, 0.15) is 0 Å². The molecule has 9 heteroatoms. The normalized spacial score (nSPS) is 10.1. The summed E-state index contributed by atoms with van der Waals surface area (Å²) in [5.41, 5.74) is 0. The Balaban J connectivity index is -0.0000000843. The van der Waals surface area contributed by atoms with Crippen LogP contribution in [0, 0.1) is 0 Å². The predicted molar refractivity (Wildman–Crippen MR) is 101 cm³/mol. The van der Waals surface area contributed by atoms with Crippen LogP contribution in [0.2, 0.25) is 0 Å². The number of hydrogen-bond donors (Lipinski definition) is 4. The minimum absolute atomic E-state index is 0. The molecular weight excluding hydrogens is 392 g/mol. The van der Waals surface area contributed by atoms with Crippen LogP contribution in [0.15, 0.2) is 23.7 Å². The number of esters is 2. The monoisotopic (exact) mass is 428 g/mol. The second kappa shape index (κ2) is 26.9. The first-order valence-corrected chi connectivity index (χ1v) is 8.24. The molecule has 160 valence electrons. The van der Waals surface area contributed by atoms with Gasteiger partial charge in [-0.05, 0) is 55.4 Å². The third kappa shape index (κ3) is 79.0. The number of carbonyl (C=O) groups excluding carboxylic acids is 2. The molecule has 0 radical (unpaired) electrons. The largest absolute Gasteiger partial charge is 0.512 e. The van der Waals surface area contributed by atoms with Crippen molar-refractivity contribution in [3.05, 3.63) is 23.7 Å². The summed E-state index contributed by atoms with van der Waals surface area (Å²) in [6.45, 7) is 13.8. The van der Waals surface area contributed by atoms with Crippen LogP contribution in [0.1, 0.15) is 55.4 Å². The molecule has 0 atom stereocenters.